The predicted molar refractivity (Wildman–Crippen MR) is 49.3 cm³/mol. The second-order valence-electron chi connectivity index (χ2n) is 2.38. The molecular weight excluding hydrogens is 152 g/mol. The van der Waals surface area contributed by atoms with Crippen molar-refractivity contribution in [2.24, 2.45) is 5.73 Å². The molecule has 0 saturated carbocycles. The molecule has 12 heavy (non-hydrogen) atoms. The van der Waals surface area contributed by atoms with Gasteiger partial charge in [0.05, 0.1) is 5.70 Å². The maximum Gasteiger partial charge on any atom is 0.115 e. The molecule has 0 aliphatic rings. The average Bonchev–Trinajstić information content (AvgIpc) is 2.10. The first-order valence-corrected chi connectivity index (χ1v) is 3.67. The van der Waals surface area contributed by atoms with E-state index in [1.54, 1.807) is 31.3 Å². The minimum atomic E-state index is 0.256. The van der Waals surface area contributed by atoms with Crippen LogP contribution in [0.3, 0.4) is 0 Å². The summed E-state index contributed by atoms with van der Waals surface area (Å²) in [5.41, 5.74) is 7.17. The van der Waals surface area contributed by atoms with Gasteiger partial charge in [0.2, 0.25) is 0 Å². The predicted octanol–water partition coefficient (Wildman–Crippen LogP) is 0.869. The third-order valence-electron chi connectivity index (χ3n) is 1.61. The Labute approximate surface area is 71.5 Å². The zero-order chi connectivity index (χ0) is 8.97. The molecule has 0 spiro atoms. The number of aromatic hydroxyl groups is 1. The molecule has 0 aromatic heterocycles. The molecular formula is C9H12N2O. The van der Waals surface area contributed by atoms with Crippen LogP contribution in [0.4, 0.5) is 0 Å². The molecule has 64 valence electrons. The summed E-state index contributed by atoms with van der Waals surface area (Å²) in [6, 6.07) is 6.83. The van der Waals surface area contributed by atoms with Crippen LogP contribution in [0.5, 0.6) is 5.75 Å². The van der Waals surface area contributed by atoms with Crippen molar-refractivity contribution in [3.63, 3.8) is 0 Å². The van der Waals surface area contributed by atoms with Gasteiger partial charge in [0.25, 0.3) is 0 Å². The van der Waals surface area contributed by atoms with E-state index in [1.807, 2.05) is 0 Å². The number of benzene rings is 1. The summed E-state index contributed by atoms with van der Waals surface area (Å²) in [6.45, 7) is 0. The molecule has 0 unspecified atom stereocenters. The number of phenols is 1. The molecule has 0 bridgehead atoms. The highest BCUT2D eigenvalue weighted by molar-refractivity contribution is 5.63. The standard InChI is InChI=1S/C9H12N2O/c1-11-9(6-10)7-2-4-8(12)5-3-7/h2-6,11-12H,10H2,1H3/b9-6-. The molecule has 0 aliphatic carbocycles. The van der Waals surface area contributed by atoms with Gasteiger partial charge in [-0.3, -0.25) is 0 Å². The van der Waals surface area contributed by atoms with Gasteiger partial charge < -0.3 is 16.2 Å². The van der Waals surface area contributed by atoms with Gasteiger partial charge in [-0.15, -0.1) is 0 Å². The first-order valence-electron chi connectivity index (χ1n) is 3.67. The number of nitrogens with one attached hydrogen (secondary N) is 1. The summed E-state index contributed by atoms with van der Waals surface area (Å²) in [4.78, 5) is 0. The molecule has 4 N–H and O–H groups in total. The Bertz CT molecular complexity index is 277. The molecule has 3 nitrogen and oxygen atoms in total. The van der Waals surface area contributed by atoms with E-state index in [4.69, 9.17) is 10.8 Å². The van der Waals surface area contributed by atoms with Crippen LogP contribution in [-0.2, 0) is 0 Å². The topological polar surface area (TPSA) is 58.3 Å². The molecule has 0 atom stereocenters. The van der Waals surface area contributed by atoms with Gasteiger partial charge in [-0.05, 0) is 29.8 Å². The molecule has 1 aromatic carbocycles. The first kappa shape index (κ1) is 8.46. The number of phenolic OH excluding ortho intramolecular Hbond substituents is 1. The Morgan fingerprint density at radius 2 is 2.00 bits per heavy atom. The van der Waals surface area contributed by atoms with Crippen molar-refractivity contribution in [2.45, 2.75) is 0 Å². The van der Waals surface area contributed by atoms with Crippen molar-refractivity contribution in [1.82, 2.24) is 5.32 Å². The lowest BCUT2D eigenvalue weighted by Gasteiger charge is -2.05. The summed E-state index contributed by atoms with van der Waals surface area (Å²) in [7, 11) is 1.80. The lowest BCUT2D eigenvalue weighted by Crippen LogP contribution is -2.06. The lowest BCUT2D eigenvalue weighted by atomic mass is 10.1. The fourth-order valence-electron chi connectivity index (χ4n) is 0.965. The van der Waals surface area contributed by atoms with Crippen LogP contribution in [0.2, 0.25) is 0 Å². The second-order valence-corrected chi connectivity index (χ2v) is 2.38. The quantitative estimate of drug-likeness (QED) is 0.608. The maximum absolute atomic E-state index is 9.01. The Morgan fingerprint density at radius 1 is 1.42 bits per heavy atom. The molecule has 1 rings (SSSR count). The first-order chi connectivity index (χ1) is 5.77. The van der Waals surface area contributed by atoms with Crippen LogP contribution >= 0.6 is 0 Å². The molecule has 0 heterocycles. The van der Waals surface area contributed by atoms with Gasteiger partial charge in [-0.1, -0.05) is 0 Å². The Hall–Kier alpha value is -1.64. The molecule has 1 aromatic rings. The van der Waals surface area contributed by atoms with Crippen LogP contribution in [-0.4, -0.2) is 12.2 Å². The molecule has 0 aliphatic heterocycles. The van der Waals surface area contributed by atoms with E-state index in [0.717, 1.165) is 11.3 Å². The van der Waals surface area contributed by atoms with Crippen molar-refractivity contribution in [1.29, 1.82) is 0 Å². The fraction of sp³-hybridized carbons (Fsp3) is 0.111. The summed E-state index contributed by atoms with van der Waals surface area (Å²) in [5.74, 6) is 0.256. The zero-order valence-electron chi connectivity index (χ0n) is 6.91. The highest BCUT2D eigenvalue weighted by atomic mass is 16.3. The van der Waals surface area contributed by atoms with Crippen LogP contribution in [0.1, 0.15) is 5.56 Å². The summed E-state index contributed by atoms with van der Waals surface area (Å²) >= 11 is 0. The molecule has 0 radical (unpaired) electrons. The Balaban J connectivity index is 2.96. The van der Waals surface area contributed by atoms with E-state index in [1.165, 1.54) is 6.20 Å². The van der Waals surface area contributed by atoms with Gasteiger partial charge in [-0.2, -0.15) is 0 Å². The van der Waals surface area contributed by atoms with Crippen molar-refractivity contribution in [2.75, 3.05) is 7.05 Å². The highest BCUT2D eigenvalue weighted by Gasteiger charge is 1.96. The maximum atomic E-state index is 9.01. The fourth-order valence-corrected chi connectivity index (χ4v) is 0.965. The van der Waals surface area contributed by atoms with Crippen LogP contribution in [0, 0.1) is 0 Å². The number of hydrogen-bond acceptors (Lipinski definition) is 3. The van der Waals surface area contributed by atoms with E-state index >= 15 is 0 Å². The number of rotatable bonds is 2. The minimum Gasteiger partial charge on any atom is -0.508 e. The third-order valence-corrected chi connectivity index (χ3v) is 1.61. The number of nitrogens with two attached hydrogens (primary N) is 1. The van der Waals surface area contributed by atoms with E-state index < -0.39 is 0 Å². The average molecular weight is 164 g/mol. The molecule has 0 amide bonds. The van der Waals surface area contributed by atoms with Crippen molar-refractivity contribution in [3.05, 3.63) is 36.0 Å². The van der Waals surface area contributed by atoms with Crippen molar-refractivity contribution >= 4 is 5.70 Å². The SMILES string of the molecule is CN/C(=C\N)c1ccc(O)cc1. The summed E-state index contributed by atoms with van der Waals surface area (Å²) in [6.07, 6.45) is 1.49. The summed E-state index contributed by atoms with van der Waals surface area (Å²) in [5, 5.41) is 12.0. The zero-order valence-corrected chi connectivity index (χ0v) is 6.91. The number of hydrogen-bond donors (Lipinski definition) is 3. The van der Waals surface area contributed by atoms with Gasteiger partial charge in [0.15, 0.2) is 0 Å². The second kappa shape index (κ2) is 3.67. The van der Waals surface area contributed by atoms with E-state index in [-0.39, 0.29) is 5.75 Å². The Kier molecular flexibility index (Phi) is 2.58. The molecule has 0 saturated heterocycles. The van der Waals surface area contributed by atoms with Crippen molar-refractivity contribution in [3.8, 4) is 5.75 Å². The normalized spacial score (nSPS) is 11.2. The monoisotopic (exact) mass is 164 g/mol. The molecule has 0 fully saturated rings. The van der Waals surface area contributed by atoms with Gasteiger partial charge in [0.1, 0.15) is 5.75 Å². The van der Waals surface area contributed by atoms with Gasteiger partial charge in [-0.25, -0.2) is 0 Å². The van der Waals surface area contributed by atoms with Gasteiger partial charge >= 0.3 is 0 Å². The smallest absolute Gasteiger partial charge is 0.115 e. The highest BCUT2D eigenvalue weighted by Crippen LogP contribution is 2.14. The van der Waals surface area contributed by atoms with Gasteiger partial charge in [0, 0.05) is 13.2 Å². The third kappa shape index (κ3) is 1.69. The van der Waals surface area contributed by atoms with Crippen LogP contribution in [0.25, 0.3) is 5.70 Å². The minimum absolute atomic E-state index is 0.256. The van der Waals surface area contributed by atoms with Crippen LogP contribution in [0.15, 0.2) is 30.5 Å². The summed E-state index contributed by atoms with van der Waals surface area (Å²) < 4.78 is 0. The lowest BCUT2D eigenvalue weighted by molar-refractivity contribution is 0.475. The van der Waals surface area contributed by atoms with Crippen molar-refractivity contribution < 1.29 is 5.11 Å². The van der Waals surface area contributed by atoms with Crippen LogP contribution < -0.4 is 11.1 Å². The van der Waals surface area contributed by atoms with E-state index in [9.17, 15) is 0 Å². The largest absolute Gasteiger partial charge is 0.508 e. The Morgan fingerprint density at radius 3 is 2.42 bits per heavy atom. The molecule has 3 heteroatoms. The van der Waals surface area contributed by atoms with E-state index in [2.05, 4.69) is 5.32 Å². The van der Waals surface area contributed by atoms with E-state index in [0.29, 0.717) is 0 Å².